The van der Waals surface area contributed by atoms with Crippen molar-refractivity contribution in [1.29, 1.82) is 0 Å². The van der Waals surface area contributed by atoms with Gasteiger partial charge in [-0.05, 0) is 53.5 Å². The molecule has 2 aromatic heterocycles. The lowest BCUT2D eigenvalue weighted by molar-refractivity contribution is 0.603. The van der Waals surface area contributed by atoms with Gasteiger partial charge in [-0.1, -0.05) is 78.9 Å². The zero-order chi connectivity index (χ0) is 26.7. The number of hydrogen-bond donors (Lipinski definition) is 0. The van der Waals surface area contributed by atoms with Crippen LogP contribution in [0.25, 0.3) is 60.6 Å². The Labute approximate surface area is 235 Å². The summed E-state index contributed by atoms with van der Waals surface area (Å²) in [6.45, 7) is 0. The third-order valence-electron chi connectivity index (χ3n) is 8.79. The number of para-hydroxylation sites is 3. The summed E-state index contributed by atoms with van der Waals surface area (Å²) < 4.78 is 15.5. The molecule has 4 nitrogen and oxygen atoms in total. The van der Waals surface area contributed by atoms with E-state index >= 15 is 0 Å². The SMILES string of the molecule is c1ccc2c(c1)B1Oc3cc4c(cc3N1c1ccccc1-2)oc1ccc(-n2c3ccccc3c3ccccc32)cc14. The lowest BCUT2D eigenvalue weighted by atomic mass is 9.65. The van der Waals surface area contributed by atoms with Crippen molar-refractivity contribution in [3.05, 3.63) is 127 Å². The Morgan fingerprint density at radius 1 is 0.512 bits per heavy atom. The second-order valence-electron chi connectivity index (χ2n) is 10.9. The van der Waals surface area contributed by atoms with E-state index in [9.17, 15) is 0 Å². The molecule has 0 amide bonds. The standard InChI is InChI=1S/C36H21BN2O2/c1-5-13-29-23(9-1)24-10-4-8-16-32(24)39-33-21-35-28(20-36(33)41-37(29)39)27-19-22(17-18-34(27)40-35)38-30-14-6-2-11-25(30)26-12-3-7-15-31(26)38/h1-21H. The average molecular weight is 524 g/mol. The molecule has 2 aliphatic rings. The fourth-order valence-electron chi connectivity index (χ4n) is 7.03. The van der Waals surface area contributed by atoms with Crippen LogP contribution in [0.4, 0.5) is 11.4 Å². The van der Waals surface area contributed by atoms with Crippen LogP contribution >= 0.6 is 0 Å². The van der Waals surface area contributed by atoms with E-state index in [0.717, 1.165) is 44.8 Å². The normalized spacial score (nSPS) is 13.5. The summed E-state index contributed by atoms with van der Waals surface area (Å²) in [5, 5.41) is 4.64. The number of anilines is 2. The molecule has 0 bridgehead atoms. The van der Waals surface area contributed by atoms with E-state index in [0.29, 0.717) is 0 Å². The van der Waals surface area contributed by atoms with Crippen molar-refractivity contribution in [3.8, 4) is 22.6 Å². The Morgan fingerprint density at radius 2 is 1.20 bits per heavy atom. The fraction of sp³-hybridized carbons (Fsp3) is 0. The highest BCUT2D eigenvalue weighted by Gasteiger charge is 2.45. The van der Waals surface area contributed by atoms with Gasteiger partial charge < -0.3 is 18.4 Å². The van der Waals surface area contributed by atoms with Crippen molar-refractivity contribution in [3.63, 3.8) is 0 Å². The molecule has 0 saturated carbocycles. The quantitative estimate of drug-likeness (QED) is 0.202. The molecule has 0 unspecified atom stereocenters. The van der Waals surface area contributed by atoms with Gasteiger partial charge in [-0.25, -0.2) is 0 Å². The highest BCUT2D eigenvalue weighted by atomic mass is 16.5. The van der Waals surface area contributed by atoms with Crippen LogP contribution in [0.1, 0.15) is 0 Å². The molecule has 0 fully saturated rings. The summed E-state index contributed by atoms with van der Waals surface area (Å²) in [6, 6.07) is 45.1. The molecule has 2 aliphatic heterocycles. The van der Waals surface area contributed by atoms with E-state index in [1.807, 2.05) is 0 Å². The van der Waals surface area contributed by atoms with Crippen LogP contribution in [0.3, 0.4) is 0 Å². The minimum Gasteiger partial charge on any atom is -0.536 e. The highest BCUT2D eigenvalue weighted by molar-refractivity contribution is 6.77. The fourth-order valence-corrected chi connectivity index (χ4v) is 7.03. The van der Waals surface area contributed by atoms with Crippen LogP contribution in [0.2, 0.25) is 0 Å². The van der Waals surface area contributed by atoms with E-state index < -0.39 is 0 Å². The van der Waals surface area contributed by atoms with Gasteiger partial charge in [-0.3, -0.25) is 0 Å². The third kappa shape index (κ3) is 2.75. The molecule has 10 rings (SSSR count). The van der Waals surface area contributed by atoms with Gasteiger partial charge >= 0.3 is 7.05 Å². The Kier molecular flexibility index (Phi) is 3.98. The van der Waals surface area contributed by atoms with Crippen LogP contribution in [0, 0.1) is 0 Å². The van der Waals surface area contributed by atoms with Crippen LogP contribution in [-0.2, 0) is 0 Å². The average Bonchev–Trinajstić information content (AvgIpc) is 3.69. The molecule has 8 aromatic rings. The van der Waals surface area contributed by atoms with Crippen molar-refractivity contribution < 1.29 is 9.07 Å². The molecule has 4 heterocycles. The first-order chi connectivity index (χ1) is 20.3. The van der Waals surface area contributed by atoms with Gasteiger partial charge in [0.2, 0.25) is 0 Å². The summed E-state index contributed by atoms with van der Waals surface area (Å²) in [5.74, 6) is 0.874. The largest absolute Gasteiger partial charge is 0.536 e. The number of hydrogen-bond acceptors (Lipinski definition) is 3. The Balaban J connectivity index is 1.19. The van der Waals surface area contributed by atoms with E-state index in [2.05, 4.69) is 137 Å². The summed E-state index contributed by atoms with van der Waals surface area (Å²) in [7, 11) is -0.206. The molecule has 5 heteroatoms. The molecule has 0 aliphatic carbocycles. The number of rotatable bonds is 1. The maximum atomic E-state index is 6.72. The number of furan rings is 1. The minimum atomic E-state index is -0.206. The van der Waals surface area contributed by atoms with Gasteiger partial charge in [-0.2, -0.15) is 0 Å². The monoisotopic (exact) mass is 524 g/mol. The number of aromatic nitrogens is 1. The van der Waals surface area contributed by atoms with Gasteiger partial charge in [0.15, 0.2) is 0 Å². The third-order valence-corrected chi connectivity index (χ3v) is 8.79. The van der Waals surface area contributed by atoms with Crippen molar-refractivity contribution >= 4 is 67.6 Å². The molecule has 0 atom stereocenters. The van der Waals surface area contributed by atoms with Gasteiger partial charge in [0.1, 0.15) is 16.9 Å². The molecule has 0 radical (unpaired) electrons. The van der Waals surface area contributed by atoms with Crippen LogP contribution in [0.15, 0.2) is 132 Å². The van der Waals surface area contributed by atoms with E-state index in [-0.39, 0.29) is 7.05 Å². The molecule has 41 heavy (non-hydrogen) atoms. The van der Waals surface area contributed by atoms with Gasteiger partial charge in [0.05, 0.1) is 16.7 Å². The van der Waals surface area contributed by atoms with E-state index in [1.165, 1.54) is 38.4 Å². The Bertz CT molecular complexity index is 2330. The first kappa shape index (κ1) is 21.4. The van der Waals surface area contributed by atoms with E-state index in [1.54, 1.807) is 0 Å². The number of fused-ring (bicyclic) bond motifs is 14. The van der Waals surface area contributed by atoms with Crippen molar-refractivity contribution in [2.45, 2.75) is 0 Å². The minimum absolute atomic E-state index is 0.206. The zero-order valence-corrected chi connectivity index (χ0v) is 21.9. The number of benzene rings is 6. The second kappa shape index (κ2) is 7.61. The lowest BCUT2D eigenvalue weighted by Crippen LogP contribution is -2.50. The number of nitrogens with zero attached hydrogens (tertiary/aromatic N) is 2. The van der Waals surface area contributed by atoms with Crippen molar-refractivity contribution in [2.75, 3.05) is 4.81 Å². The predicted octanol–water partition coefficient (Wildman–Crippen LogP) is 8.59. The van der Waals surface area contributed by atoms with Gasteiger partial charge in [0.25, 0.3) is 0 Å². The maximum absolute atomic E-state index is 6.72. The first-order valence-electron chi connectivity index (χ1n) is 14.0. The second-order valence-corrected chi connectivity index (χ2v) is 10.9. The van der Waals surface area contributed by atoms with Gasteiger partial charge in [-0.15, -0.1) is 0 Å². The summed E-state index contributed by atoms with van der Waals surface area (Å²) in [5.41, 5.74) is 11.0. The van der Waals surface area contributed by atoms with Crippen LogP contribution < -0.4 is 14.9 Å². The molecular weight excluding hydrogens is 503 g/mol. The van der Waals surface area contributed by atoms with Crippen molar-refractivity contribution in [1.82, 2.24) is 4.57 Å². The van der Waals surface area contributed by atoms with Crippen LogP contribution in [0.5, 0.6) is 5.75 Å². The molecule has 0 spiro atoms. The van der Waals surface area contributed by atoms with Crippen molar-refractivity contribution in [2.24, 2.45) is 0 Å². The molecule has 0 N–H and O–H groups in total. The predicted molar refractivity (Wildman–Crippen MR) is 168 cm³/mol. The smallest absolute Gasteiger partial charge is 0.524 e. The zero-order valence-electron chi connectivity index (χ0n) is 21.9. The lowest BCUT2D eigenvalue weighted by Gasteiger charge is -2.31. The summed E-state index contributed by atoms with van der Waals surface area (Å²) in [4.78, 5) is 2.31. The van der Waals surface area contributed by atoms with Crippen LogP contribution in [-0.4, -0.2) is 11.6 Å². The maximum Gasteiger partial charge on any atom is 0.524 e. The summed E-state index contributed by atoms with van der Waals surface area (Å²) in [6.07, 6.45) is 0. The molecule has 190 valence electrons. The highest BCUT2D eigenvalue weighted by Crippen LogP contribution is 2.49. The molecular formula is C36H21BN2O2. The topological polar surface area (TPSA) is 30.5 Å². The van der Waals surface area contributed by atoms with E-state index in [4.69, 9.17) is 9.07 Å². The Hall–Kier alpha value is -5.42. The first-order valence-corrected chi connectivity index (χ1v) is 14.0. The van der Waals surface area contributed by atoms with Gasteiger partial charge in [0, 0.05) is 44.5 Å². The molecule has 6 aromatic carbocycles. The molecule has 0 saturated heterocycles. The Morgan fingerprint density at radius 3 is 2.02 bits per heavy atom. The summed E-state index contributed by atoms with van der Waals surface area (Å²) >= 11 is 0.